The maximum atomic E-state index is 12.8. The van der Waals surface area contributed by atoms with Crippen molar-refractivity contribution in [1.82, 2.24) is 9.80 Å². The van der Waals surface area contributed by atoms with Crippen molar-refractivity contribution in [3.8, 4) is 11.5 Å². The lowest BCUT2D eigenvalue weighted by Crippen LogP contribution is -2.37. The van der Waals surface area contributed by atoms with Crippen molar-refractivity contribution >= 4 is 17.7 Å². The second-order valence-electron chi connectivity index (χ2n) is 7.90. The average molecular weight is 417 g/mol. The van der Waals surface area contributed by atoms with Gasteiger partial charge in [0.05, 0.1) is 25.6 Å². The quantitative estimate of drug-likeness (QED) is 0.579. The van der Waals surface area contributed by atoms with E-state index in [0.29, 0.717) is 31.2 Å². The van der Waals surface area contributed by atoms with E-state index >= 15 is 0 Å². The number of methoxy groups -OCH3 is 1. The molecule has 1 aromatic carbocycles. The molecule has 2 fully saturated rings. The maximum Gasteiger partial charge on any atom is 0.233 e. The third-order valence-electron chi connectivity index (χ3n) is 6.12. The van der Waals surface area contributed by atoms with E-state index in [1.165, 1.54) is 4.90 Å². The summed E-state index contributed by atoms with van der Waals surface area (Å²) in [5, 5.41) is 0. The fraction of sp³-hybridized carbons (Fsp3) is 0.609. The van der Waals surface area contributed by atoms with Gasteiger partial charge in [-0.05, 0) is 44.4 Å². The third-order valence-corrected chi connectivity index (χ3v) is 6.12. The molecule has 0 unspecified atom stereocenters. The van der Waals surface area contributed by atoms with Gasteiger partial charge in [-0.2, -0.15) is 0 Å². The molecule has 2 aliphatic rings. The SMILES string of the molecule is CCOc1ccc(CN(CC)C(=O)CCN2C(=O)[C@H]3CCCC[C@@H]3C2=O)cc1OC. The largest absolute Gasteiger partial charge is 0.493 e. The number of amides is 3. The number of benzene rings is 1. The smallest absolute Gasteiger partial charge is 0.233 e. The van der Waals surface area contributed by atoms with Crippen LogP contribution in [0.2, 0.25) is 0 Å². The van der Waals surface area contributed by atoms with Crippen LogP contribution < -0.4 is 9.47 Å². The second kappa shape index (κ2) is 9.96. The van der Waals surface area contributed by atoms with Gasteiger partial charge in [-0.15, -0.1) is 0 Å². The average Bonchev–Trinajstić information content (AvgIpc) is 3.01. The summed E-state index contributed by atoms with van der Waals surface area (Å²) < 4.78 is 10.9. The van der Waals surface area contributed by atoms with E-state index < -0.39 is 0 Å². The lowest BCUT2D eigenvalue weighted by atomic mass is 9.81. The molecule has 164 valence electrons. The van der Waals surface area contributed by atoms with E-state index in [2.05, 4.69) is 0 Å². The number of hydrogen-bond acceptors (Lipinski definition) is 5. The lowest BCUT2D eigenvalue weighted by molar-refractivity contribution is -0.141. The van der Waals surface area contributed by atoms with Gasteiger partial charge in [0.15, 0.2) is 11.5 Å². The van der Waals surface area contributed by atoms with Gasteiger partial charge in [0.2, 0.25) is 17.7 Å². The van der Waals surface area contributed by atoms with E-state index in [-0.39, 0.29) is 42.5 Å². The number of carbonyl (C=O) groups excluding carboxylic acids is 3. The molecule has 1 aliphatic heterocycles. The molecule has 1 aliphatic carbocycles. The molecular formula is C23H32N2O5. The Morgan fingerprint density at radius 1 is 1.10 bits per heavy atom. The summed E-state index contributed by atoms with van der Waals surface area (Å²) >= 11 is 0. The normalized spacial score (nSPS) is 20.8. The molecule has 2 atom stereocenters. The Kier molecular flexibility index (Phi) is 7.34. The van der Waals surface area contributed by atoms with Gasteiger partial charge in [0, 0.05) is 26.1 Å². The zero-order valence-corrected chi connectivity index (χ0v) is 18.2. The first-order chi connectivity index (χ1) is 14.5. The molecule has 1 aromatic rings. The molecule has 30 heavy (non-hydrogen) atoms. The van der Waals surface area contributed by atoms with Gasteiger partial charge in [-0.1, -0.05) is 18.9 Å². The molecule has 0 spiro atoms. The van der Waals surface area contributed by atoms with Crippen LogP contribution in [-0.2, 0) is 20.9 Å². The summed E-state index contributed by atoms with van der Waals surface area (Å²) in [5.41, 5.74) is 0.935. The molecule has 0 bridgehead atoms. The van der Waals surface area contributed by atoms with Crippen molar-refractivity contribution in [3.05, 3.63) is 23.8 Å². The number of imide groups is 1. The van der Waals surface area contributed by atoms with Crippen molar-refractivity contribution in [2.75, 3.05) is 26.8 Å². The predicted octanol–water partition coefficient (Wildman–Crippen LogP) is 3.01. The Morgan fingerprint density at radius 2 is 1.77 bits per heavy atom. The summed E-state index contributed by atoms with van der Waals surface area (Å²) in [5.74, 6) is 0.730. The van der Waals surface area contributed by atoms with Gasteiger partial charge >= 0.3 is 0 Å². The lowest BCUT2D eigenvalue weighted by Gasteiger charge is -2.23. The van der Waals surface area contributed by atoms with Gasteiger partial charge in [0.25, 0.3) is 0 Å². The molecule has 7 nitrogen and oxygen atoms in total. The van der Waals surface area contributed by atoms with Crippen LogP contribution in [0.25, 0.3) is 0 Å². The molecule has 1 saturated carbocycles. The Labute approximate surface area is 178 Å². The number of ether oxygens (including phenoxy) is 2. The molecule has 1 heterocycles. The summed E-state index contributed by atoms with van der Waals surface area (Å²) in [6.07, 6.45) is 3.74. The summed E-state index contributed by atoms with van der Waals surface area (Å²) in [7, 11) is 1.59. The van der Waals surface area contributed by atoms with Crippen LogP contribution in [0, 0.1) is 11.8 Å². The molecule has 3 rings (SSSR count). The minimum absolute atomic E-state index is 0.0687. The summed E-state index contributed by atoms with van der Waals surface area (Å²) in [4.78, 5) is 41.1. The highest BCUT2D eigenvalue weighted by Gasteiger charge is 2.47. The first kappa shape index (κ1) is 22.1. The standard InChI is InChI=1S/C23H32N2O5/c1-4-24(15-16-10-11-19(30-5-2)20(14-16)29-3)21(26)12-13-25-22(27)17-8-6-7-9-18(17)23(25)28/h10-11,14,17-18H,4-9,12-13,15H2,1-3H3/t17-,18-/m0/s1. The fourth-order valence-electron chi connectivity index (χ4n) is 4.50. The minimum atomic E-state index is -0.167. The van der Waals surface area contributed by atoms with Crippen molar-refractivity contribution in [1.29, 1.82) is 0 Å². The van der Waals surface area contributed by atoms with Crippen LogP contribution >= 0.6 is 0 Å². The van der Waals surface area contributed by atoms with E-state index in [4.69, 9.17) is 9.47 Å². The monoisotopic (exact) mass is 416 g/mol. The first-order valence-corrected chi connectivity index (χ1v) is 10.9. The van der Waals surface area contributed by atoms with Crippen molar-refractivity contribution in [3.63, 3.8) is 0 Å². The van der Waals surface area contributed by atoms with Crippen molar-refractivity contribution < 1.29 is 23.9 Å². The van der Waals surface area contributed by atoms with Crippen molar-refractivity contribution in [2.24, 2.45) is 11.8 Å². The maximum absolute atomic E-state index is 12.8. The molecular weight excluding hydrogens is 384 g/mol. The molecule has 0 N–H and O–H groups in total. The number of nitrogens with zero attached hydrogens (tertiary/aromatic N) is 2. The molecule has 0 radical (unpaired) electrons. The zero-order chi connectivity index (χ0) is 21.7. The first-order valence-electron chi connectivity index (χ1n) is 10.9. The third kappa shape index (κ3) is 4.60. The van der Waals surface area contributed by atoms with Crippen LogP contribution in [-0.4, -0.2) is 54.3 Å². The topological polar surface area (TPSA) is 76.2 Å². The highest BCUT2D eigenvalue weighted by atomic mass is 16.5. The van der Waals surface area contributed by atoms with Crippen LogP contribution in [0.4, 0.5) is 0 Å². The van der Waals surface area contributed by atoms with Gasteiger partial charge in [0.1, 0.15) is 0 Å². The Balaban J connectivity index is 1.60. The zero-order valence-electron chi connectivity index (χ0n) is 18.2. The van der Waals surface area contributed by atoms with Crippen LogP contribution in [0.5, 0.6) is 11.5 Å². The van der Waals surface area contributed by atoms with E-state index in [1.54, 1.807) is 12.0 Å². The molecule has 7 heteroatoms. The highest BCUT2D eigenvalue weighted by Crippen LogP contribution is 2.38. The summed E-state index contributed by atoms with van der Waals surface area (Å²) in [6, 6.07) is 5.64. The number of rotatable bonds is 9. The fourth-order valence-corrected chi connectivity index (χ4v) is 4.50. The number of hydrogen-bond donors (Lipinski definition) is 0. The van der Waals surface area contributed by atoms with Crippen LogP contribution in [0.3, 0.4) is 0 Å². The van der Waals surface area contributed by atoms with E-state index in [0.717, 1.165) is 31.2 Å². The van der Waals surface area contributed by atoms with Crippen molar-refractivity contribution in [2.45, 2.75) is 52.5 Å². The number of carbonyl (C=O) groups is 3. The molecule has 1 saturated heterocycles. The molecule has 0 aromatic heterocycles. The summed E-state index contributed by atoms with van der Waals surface area (Å²) in [6.45, 7) is 5.53. The van der Waals surface area contributed by atoms with E-state index in [1.807, 2.05) is 32.0 Å². The van der Waals surface area contributed by atoms with Gasteiger partial charge < -0.3 is 14.4 Å². The number of likely N-dealkylation sites (tertiary alicyclic amines) is 1. The van der Waals surface area contributed by atoms with Gasteiger partial charge in [-0.3, -0.25) is 19.3 Å². The highest BCUT2D eigenvalue weighted by molar-refractivity contribution is 6.05. The van der Waals surface area contributed by atoms with Crippen LogP contribution in [0.1, 0.15) is 51.5 Å². The Hall–Kier alpha value is -2.57. The van der Waals surface area contributed by atoms with E-state index in [9.17, 15) is 14.4 Å². The Bertz CT molecular complexity index is 770. The van der Waals surface area contributed by atoms with Gasteiger partial charge in [-0.25, -0.2) is 0 Å². The second-order valence-corrected chi connectivity index (χ2v) is 7.90. The minimum Gasteiger partial charge on any atom is -0.493 e. The predicted molar refractivity (Wildman–Crippen MR) is 112 cm³/mol. The molecule has 3 amide bonds. The van der Waals surface area contributed by atoms with Crippen LogP contribution in [0.15, 0.2) is 18.2 Å². The Morgan fingerprint density at radius 3 is 2.33 bits per heavy atom. The number of fused-ring (bicyclic) bond motifs is 1.